The van der Waals surface area contributed by atoms with Crippen LogP contribution >= 0.6 is 11.8 Å². The molecule has 1 aromatic carbocycles. The van der Waals surface area contributed by atoms with Crippen LogP contribution in [0.2, 0.25) is 0 Å². The van der Waals surface area contributed by atoms with Gasteiger partial charge in [0.05, 0.1) is 4.75 Å². The molecule has 0 aromatic heterocycles. The van der Waals surface area contributed by atoms with Crippen LogP contribution in [0.4, 0.5) is 0 Å². The Kier molecular flexibility index (Phi) is 4.28. The second kappa shape index (κ2) is 5.46. The molecule has 1 aliphatic rings. The second-order valence-electron chi connectivity index (χ2n) is 5.71. The van der Waals surface area contributed by atoms with Gasteiger partial charge in [-0.1, -0.05) is 18.2 Å². The summed E-state index contributed by atoms with van der Waals surface area (Å²) in [5.41, 5.74) is 1.40. The first-order valence-corrected chi connectivity index (χ1v) is 9.21. The van der Waals surface area contributed by atoms with Gasteiger partial charge in [-0.25, -0.2) is 8.42 Å². The fourth-order valence-corrected chi connectivity index (χ4v) is 3.68. The quantitative estimate of drug-likeness (QED) is 0.904. The van der Waals surface area contributed by atoms with E-state index in [-0.39, 0.29) is 0 Å². The Morgan fingerprint density at radius 3 is 2.68 bits per heavy atom. The average Bonchev–Trinajstić information content (AvgIpc) is 2.69. The Balaban J connectivity index is 1.83. The molecule has 0 saturated heterocycles. The molecule has 1 atom stereocenters. The van der Waals surface area contributed by atoms with Crippen molar-refractivity contribution in [1.29, 1.82) is 0 Å². The van der Waals surface area contributed by atoms with E-state index in [1.54, 1.807) is 13.8 Å². The van der Waals surface area contributed by atoms with E-state index in [1.165, 1.54) is 16.7 Å². The van der Waals surface area contributed by atoms with Crippen molar-refractivity contribution < 1.29 is 8.42 Å². The number of benzene rings is 1. The van der Waals surface area contributed by atoms with Crippen LogP contribution in [-0.2, 0) is 16.3 Å². The average molecular weight is 299 g/mol. The van der Waals surface area contributed by atoms with Crippen molar-refractivity contribution in [2.24, 2.45) is 0 Å². The lowest BCUT2D eigenvalue weighted by Crippen LogP contribution is -2.43. The topological polar surface area (TPSA) is 46.2 Å². The Hall–Kier alpha value is -0.520. The standard InChI is InChI=1S/C14H21NO2S2/c1-14(2,19(3,16)17)10-15-9-12-8-11-6-4-5-7-13(11)18-12/h4-7,12,15H,8-10H2,1-3H3. The Morgan fingerprint density at radius 2 is 2.05 bits per heavy atom. The molecule has 1 aromatic rings. The number of nitrogens with one attached hydrogen (secondary N) is 1. The Bertz CT molecular complexity index is 527. The largest absolute Gasteiger partial charge is 0.314 e. The SMILES string of the molecule is CC(C)(CNCC1Cc2ccccc2S1)S(C)(=O)=O. The molecule has 3 nitrogen and oxygen atoms in total. The molecule has 1 heterocycles. The van der Waals surface area contributed by atoms with E-state index in [0.29, 0.717) is 11.8 Å². The highest BCUT2D eigenvalue weighted by molar-refractivity contribution is 8.00. The van der Waals surface area contributed by atoms with Crippen LogP contribution in [0.1, 0.15) is 19.4 Å². The summed E-state index contributed by atoms with van der Waals surface area (Å²) in [6.07, 6.45) is 2.36. The molecule has 2 rings (SSSR count). The molecule has 5 heteroatoms. The maximum atomic E-state index is 11.6. The van der Waals surface area contributed by atoms with Gasteiger partial charge in [-0.3, -0.25) is 0 Å². The number of sulfone groups is 1. The molecule has 0 fully saturated rings. The first-order chi connectivity index (χ1) is 8.79. The first-order valence-electron chi connectivity index (χ1n) is 6.44. The molecule has 0 bridgehead atoms. The molecule has 0 aliphatic carbocycles. The van der Waals surface area contributed by atoms with Gasteiger partial charge in [-0.2, -0.15) is 0 Å². The predicted octanol–water partition coefficient (Wildman–Crippen LogP) is 2.12. The number of rotatable bonds is 5. The predicted molar refractivity (Wildman–Crippen MR) is 81.6 cm³/mol. The van der Waals surface area contributed by atoms with E-state index in [9.17, 15) is 8.42 Å². The van der Waals surface area contributed by atoms with Crippen molar-refractivity contribution in [1.82, 2.24) is 5.32 Å². The number of hydrogen-bond acceptors (Lipinski definition) is 4. The fraction of sp³-hybridized carbons (Fsp3) is 0.571. The summed E-state index contributed by atoms with van der Waals surface area (Å²) in [6, 6.07) is 8.46. The lowest BCUT2D eigenvalue weighted by molar-refractivity contribution is 0.520. The molecule has 1 unspecified atom stereocenters. The number of thioether (sulfide) groups is 1. The monoisotopic (exact) mass is 299 g/mol. The molecule has 0 radical (unpaired) electrons. The normalized spacial score (nSPS) is 19.4. The summed E-state index contributed by atoms with van der Waals surface area (Å²) in [5.74, 6) is 0. The van der Waals surface area contributed by atoms with E-state index >= 15 is 0 Å². The van der Waals surface area contributed by atoms with Gasteiger partial charge in [-0.15, -0.1) is 11.8 Å². The highest BCUT2D eigenvalue weighted by atomic mass is 32.2. The molecule has 0 saturated carbocycles. The molecule has 19 heavy (non-hydrogen) atoms. The second-order valence-corrected chi connectivity index (χ2v) is 9.71. The Labute approximate surface area is 120 Å². The summed E-state index contributed by atoms with van der Waals surface area (Å²) in [5, 5.41) is 3.82. The van der Waals surface area contributed by atoms with Gasteiger partial charge in [-0.05, 0) is 31.9 Å². The first kappa shape index (κ1) is 14.9. The van der Waals surface area contributed by atoms with Gasteiger partial charge in [0.1, 0.15) is 0 Å². The molecule has 0 spiro atoms. The molecular weight excluding hydrogens is 278 g/mol. The van der Waals surface area contributed by atoms with Crippen molar-refractivity contribution in [3.05, 3.63) is 29.8 Å². The van der Waals surface area contributed by atoms with Crippen molar-refractivity contribution in [2.45, 2.75) is 35.2 Å². The smallest absolute Gasteiger partial charge is 0.153 e. The van der Waals surface area contributed by atoms with Gasteiger partial charge < -0.3 is 5.32 Å². The minimum Gasteiger partial charge on any atom is -0.314 e. The maximum absolute atomic E-state index is 11.6. The molecular formula is C14H21NO2S2. The number of hydrogen-bond donors (Lipinski definition) is 1. The summed E-state index contributed by atoms with van der Waals surface area (Å²) in [6.45, 7) is 4.88. The third kappa shape index (κ3) is 3.52. The third-order valence-electron chi connectivity index (χ3n) is 3.64. The van der Waals surface area contributed by atoms with Gasteiger partial charge in [0.25, 0.3) is 0 Å². The molecule has 1 aliphatic heterocycles. The van der Waals surface area contributed by atoms with Crippen LogP contribution in [0.3, 0.4) is 0 Å². The highest BCUT2D eigenvalue weighted by Gasteiger charge is 2.30. The van der Waals surface area contributed by atoms with E-state index in [4.69, 9.17) is 0 Å². The Morgan fingerprint density at radius 1 is 1.37 bits per heavy atom. The van der Waals surface area contributed by atoms with Gasteiger partial charge in [0, 0.05) is 29.5 Å². The van der Waals surface area contributed by atoms with Crippen LogP contribution < -0.4 is 5.32 Å². The van der Waals surface area contributed by atoms with Crippen LogP contribution in [0.15, 0.2) is 29.2 Å². The van der Waals surface area contributed by atoms with Gasteiger partial charge in [0.15, 0.2) is 9.84 Å². The van der Waals surface area contributed by atoms with Gasteiger partial charge >= 0.3 is 0 Å². The van der Waals surface area contributed by atoms with E-state index < -0.39 is 14.6 Å². The summed E-state index contributed by atoms with van der Waals surface area (Å²) in [7, 11) is -3.02. The minimum atomic E-state index is -3.02. The summed E-state index contributed by atoms with van der Waals surface area (Å²) >= 11 is 1.88. The highest BCUT2D eigenvalue weighted by Crippen LogP contribution is 2.36. The zero-order valence-electron chi connectivity index (χ0n) is 11.6. The van der Waals surface area contributed by atoms with Crippen molar-refractivity contribution in [2.75, 3.05) is 19.3 Å². The van der Waals surface area contributed by atoms with E-state index in [0.717, 1.165) is 13.0 Å². The fourth-order valence-electron chi connectivity index (χ4n) is 2.03. The van der Waals surface area contributed by atoms with Crippen LogP contribution in [0.5, 0.6) is 0 Å². The van der Waals surface area contributed by atoms with Crippen LogP contribution in [0, 0.1) is 0 Å². The van der Waals surface area contributed by atoms with Crippen molar-refractivity contribution in [3.8, 4) is 0 Å². The molecule has 0 amide bonds. The number of fused-ring (bicyclic) bond motifs is 1. The zero-order chi connectivity index (χ0) is 14.1. The summed E-state index contributed by atoms with van der Waals surface area (Å²) < 4.78 is 22.5. The van der Waals surface area contributed by atoms with E-state index in [1.807, 2.05) is 11.8 Å². The van der Waals surface area contributed by atoms with Crippen molar-refractivity contribution in [3.63, 3.8) is 0 Å². The zero-order valence-corrected chi connectivity index (χ0v) is 13.3. The van der Waals surface area contributed by atoms with E-state index in [2.05, 4.69) is 29.6 Å². The molecule has 106 valence electrons. The van der Waals surface area contributed by atoms with Crippen LogP contribution in [0.25, 0.3) is 0 Å². The molecule has 1 N–H and O–H groups in total. The minimum absolute atomic E-state index is 0.499. The third-order valence-corrected chi connectivity index (χ3v) is 7.11. The van der Waals surface area contributed by atoms with Gasteiger partial charge in [0.2, 0.25) is 0 Å². The lowest BCUT2D eigenvalue weighted by Gasteiger charge is -2.23. The maximum Gasteiger partial charge on any atom is 0.153 e. The summed E-state index contributed by atoms with van der Waals surface area (Å²) in [4.78, 5) is 1.36. The van der Waals surface area contributed by atoms with Crippen molar-refractivity contribution >= 4 is 21.6 Å². The lowest BCUT2D eigenvalue weighted by atomic mass is 10.1. The van der Waals surface area contributed by atoms with Crippen LogP contribution in [-0.4, -0.2) is 37.8 Å².